The number of rotatable bonds is 7. The molecule has 0 aliphatic carbocycles. The van der Waals surface area contributed by atoms with Crippen LogP contribution >= 0.6 is 0 Å². The smallest absolute Gasteiger partial charge is 0.363 e. The number of piperidine rings is 1. The van der Waals surface area contributed by atoms with Crippen LogP contribution in [0, 0.1) is 11.8 Å². The number of carbonyl (C=O) groups excluding carboxylic acids is 2. The van der Waals surface area contributed by atoms with Crippen LogP contribution in [0.5, 0.6) is 0 Å². The standard InChI is InChI=1S/C20H27F3N2O3/c1-4-10-25-16(11-24-19(27)20(21,22)23)13(2)14(3)17(18(25)26)28-12-15-8-6-5-7-9-15/h5-9,13-14,16-17H,4,10-12H2,1-3H3,(H,24,27). The van der Waals surface area contributed by atoms with Gasteiger partial charge in [0.15, 0.2) is 0 Å². The van der Waals surface area contributed by atoms with Gasteiger partial charge in [-0.3, -0.25) is 9.59 Å². The second kappa shape index (κ2) is 9.41. The number of nitrogens with one attached hydrogen (secondary N) is 1. The minimum Gasteiger partial charge on any atom is -0.363 e. The summed E-state index contributed by atoms with van der Waals surface area (Å²) in [5.74, 6) is -2.57. The van der Waals surface area contributed by atoms with Gasteiger partial charge in [-0.05, 0) is 23.8 Å². The highest BCUT2D eigenvalue weighted by molar-refractivity contribution is 5.83. The number of benzene rings is 1. The molecule has 1 N–H and O–H groups in total. The molecule has 1 heterocycles. The van der Waals surface area contributed by atoms with E-state index in [1.54, 1.807) is 4.90 Å². The van der Waals surface area contributed by atoms with Gasteiger partial charge in [0.2, 0.25) is 0 Å². The van der Waals surface area contributed by atoms with Crippen molar-refractivity contribution in [3.63, 3.8) is 0 Å². The van der Waals surface area contributed by atoms with Crippen molar-refractivity contribution < 1.29 is 27.5 Å². The Morgan fingerprint density at radius 1 is 1.18 bits per heavy atom. The van der Waals surface area contributed by atoms with Gasteiger partial charge in [0.25, 0.3) is 5.91 Å². The Hall–Kier alpha value is -2.09. The fourth-order valence-electron chi connectivity index (χ4n) is 3.56. The van der Waals surface area contributed by atoms with Crippen molar-refractivity contribution in [3.8, 4) is 0 Å². The first kappa shape index (κ1) is 22.2. The zero-order valence-electron chi connectivity index (χ0n) is 16.3. The average molecular weight is 400 g/mol. The summed E-state index contributed by atoms with van der Waals surface area (Å²) in [6.45, 7) is 6.07. The number of halogens is 3. The molecule has 28 heavy (non-hydrogen) atoms. The lowest BCUT2D eigenvalue weighted by atomic mass is 9.79. The first-order valence-corrected chi connectivity index (χ1v) is 9.47. The van der Waals surface area contributed by atoms with E-state index in [1.165, 1.54) is 0 Å². The lowest BCUT2D eigenvalue weighted by Crippen LogP contribution is -2.62. The zero-order valence-corrected chi connectivity index (χ0v) is 16.3. The van der Waals surface area contributed by atoms with Crippen LogP contribution < -0.4 is 5.32 Å². The quantitative estimate of drug-likeness (QED) is 0.765. The fourth-order valence-corrected chi connectivity index (χ4v) is 3.56. The predicted octanol–water partition coefficient (Wildman–Crippen LogP) is 3.14. The van der Waals surface area contributed by atoms with Crippen molar-refractivity contribution in [2.75, 3.05) is 13.1 Å². The highest BCUT2D eigenvalue weighted by Gasteiger charge is 2.46. The van der Waals surface area contributed by atoms with E-state index in [2.05, 4.69) is 0 Å². The van der Waals surface area contributed by atoms with Gasteiger partial charge in [-0.1, -0.05) is 51.1 Å². The third-order valence-electron chi connectivity index (χ3n) is 5.31. The van der Waals surface area contributed by atoms with Crippen LogP contribution in [0.2, 0.25) is 0 Å². The molecule has 8 heteroatoms. The summed E-state index contributed by atoms with van der Waals surface area (Å²) in [6.07, 6.45) is -4.96. The molecule has 0 aromatic heterocycles. The molecule has 2 rings (SSSR count). The molecule has 1 fully saturated rings. The molecule has 2 amide bonds. The van der Waals surface area contributed by atoms with Crippen molar-refractivity contribution >= 4 is 11.8 Å². The monoisotopic (exact) mass is 400 g/mol. The van der Waals surface area contributed by atoms with Crippen LogP contribution in [-0.2, 0) is 20.9 Å². The Kier molecular flexibility index (Phi) is 7.46. The van der Waals surface area contributed by atoms with Crippen LogP contribution in [0.3, 0.4) is 0 Å². The normalized spacial score (nSPS) is 25.6. The summed E-state index contributed by atoms with van der Waals surface area (Å²) in [5.41, 5.74) is 0.941. The van der Waals surface area contributed by atoms with E-state index in [0.717, 1.165) is 5.56 Å². The molecule has 1 saturated heterocycles. The number of carbonyl (C=O) groups is 2. The molecule has 0 saturated carbocycles. The molecule has 1 aromatic rings. The number of hydrogen-bond acceptors (Lipinski definition) is 3. The van der Waals surface area contributed by atoms with Gasteiger partial charge in [-0.15, -0.1) is 0 Å². The molecule has 0 radical (unpaired) electrons. The Bertz CT molecular complexity index is 666. The average Bonchev–Trinajstić information content (AvgIpc) is 2.65. The van der Waals surface area contributed by atoms with Gasteiger partial charge in [0.05, 0.1) is 12.6 Å². The minimum absolute atomic E-state index is 0.140. The lowest BCUT2D eigenvalue weighted by Gasteiger charge is -2.46. The Morgan fingerprint density at radius 3 is 2.39 bits per heavy atom. The number of alkyl halides is 3. The summed E-state index contributed by atoms with van der Waals surface area (Å²) in [6, 6.07) is 8.96. The third kappa shape index (κ3) is 5.25. The summed E-state index contributed by atoms with van der Waals surface area (Å²) in [7, 11) is 0. The van der Waals surface area contributed by atoms with Gasteiger partial charge in [0.1, 0.15) is 6.10 Å². The van der Waals surface area contributed by atoms with Crippen LogP contribution in [0.15, 0.2) is 30.3 Å². The molecule has 156 valence electrons. The van der Waals surface area contributed by atoms with Gasteiger partial charge in [0, 0.05) is 13.1 Å². The Labute approximate surface area is 163 Å². The van der Waals surface area contributed by atoms with Crippen LogP contribution in [0.4, 0.5) is 13.2 Å². The van der Waals surface area contributed by atoms with Crippen molar-refractivity contribution in [2.24, 2.45) is 11.8 Å². The highest BCUT2D eigenvalue weighted by Crippen LogP contribution is 2.32. The Balaban J connectivity index is 2.10. The number of ether oxygens (including phenoxy) is 1. The molecule has 4 unspecified atom stereocenters. The lowest BCUT2D eigenvalue weighted by molar-refractivity contribution is -0.175. The van der Waals surface area contributed by atoms with E-state index in [9.17, 15) is 22.8 Å². The molecule has 0 bridgehead atoms. The van der Waals surface area contributed by atoms with E-state index in [-0.39, 0.29) is 30.9 Å². The predicted molar refractivity (Wildman–Crippen MR) is 98.2 cm³/mol. The van der Waals surface area contributed by atoms with Crippen LogP contribution in [-0.4, -0.2) is 48.1 Å². The van der Waals surface area contributed by atoms with Crippen molar-refractivity contribution in [1.82, 2.24) is 10.2 Å². The number of amides is 2. The number of likely N-dealkylation sites (tertiary alicyclic amines) is 1. The summed E-state index contributed by atoms with van der Waals surface area (Å²) in [4.78, 5) is 25.8. The second-order valence-corrected chi connectivity index (χ2v) is 7.24. The second-order valence-electron chi connectivity index (χ2n) is 7.24. The molecule has 1 aromatic carbocycles. The zero-order chi connectivity index (χ0) is 20.9. The van der Waals surface area contributed by atoms with E-state index in [1.807, 2.05) is 56.4 Å². The molecular weight excluding hydrogens is 373 g/mol. The van der Waals surface area contributed by atoms with Crippen molar-refractivity contribution in [1.29, 1.82) is 0 Å². The third-order valence-corrected chi connectivity index (χ3v) is 5.31. The Morgan fingerprint density at radius 2 is 1.82 bits per heavy atom. The molecule has 1 aliphatic heterocycles. The van der Waals surface area contributed by atoms with Gasteiger partial charge in [-0.25, -0.2) is 0 Å². The topological polar surface area (TPSA) is 58.6 Å². The molecule has 4 atom stereocenters. The maximum Gasteiger partial charge on any atom is 0.471 e. The number of hydrogen-bond donors (Lipinski definition) is 1. The molecule has 1 aliphatic rings. The maximum absolute atomic E-state index is 13.0. The van der Waals surface area contributed by atoms with Gasteiger partial charge in [-0.2, -0.15) is 13.2 Å². The molecule has 0 spiro atoms. The first-order chi connectivity index (χ1) is 13.2. The van der Waals surface area contributed by atoms with Crippen LogP contribution in [0.25, 0.3) is 0 Å². The van der Waals surface area contributed by atoms with E-state index in [0.29, 0.717) is 13.0 Å². The molecule has 5 nitrogen and oxygen atoms in total. The fraction of sp³-hybridized carbons (Fsp3) is 0.600. The van der Waals surface area contributed by atoms with E-state index >= 15 is 0 Å². The van der Waals surface area contributed by atoms with Crippen molar-refractivity contribution in [3.05, 3.63) is 35.9 Å². The summed E-state index contributed by atoms with van der Waals surface area (Å²) >= 11 is 0. The van der Waals surface area contributed by atoms with Gasteiger partial charge >= 0.3 is 12.1 Å². The SMILES string of the molecule is CCCN1C(=O)C(OCc2ccccc2)C(C)C(C)C1CNC(=O)C(F)(F)F. The highest BCUT2D eigenvalue weighted by atomic mass is 19.4. The summed E-state index contributed by atoms with van der Waals surface area (Å²) < 4.78 is 43.4. The van der Waals surface area contributed by atoms with Gasteiger partial charge < -0.3 is 15.0 Å². The summed E-state index contributed by atoms with van der Waals surface area (Å²) in [5, 5.41) is 1.93. The van der Waals surface area contributed by atoms with Crippen molar-refractivity contribution in [2.45, 2.75) is 52.1 Å². The molecular formula is C20H27F3N2O3. The maximum atomic E-state index is 13.0. The number of nitrogens with zero attached hydrogens (tertiary/aromatic N) is 1. The first-order valence-electron chi connectivity index (χ1n) is 9.47. The van der Waals surface area contributed by atoms with E-state index in [4.69, 9.17) is 4.74 Å². The van der Waals surface area contributed by atoms with Crippen LogP contribution in [0.1, 0.15) is 32.8 Å². The minimum atomic E-state index is -4.94. The van der Waals surface area contributed by atoms with E-state index < -0.39 is 24.2 Å². The largest absolute Gasteiger partial charge is 0.471 e.